The molecule has 3 aromatic heterocycles. The SMILES string of the molecule is Cn1nccc1-c1cc(C(=O)N2CCC(c3ccc(NC(=O)c4ccc([N+](=O)[O-])o4)cc3)CC2)sc1Cl. The molecule has 1 saturated heterocycles. The Labute approximate surface area is 220 Å². The van der Waals surface area contributed by atoms with E-state index in [4.69, 9.17) is 16.0 Å². The van der Waals surface area contributed by atoms with E-state index in [9.17, 15) is 19.7 Å². The molecule has 0 unspecified atom stereocenters. The molecule has 1 aliphatic heterocycles. The number of carbonyl (C=O) groups excluding carboxylic acids is 2. The number of hydrogen-bond acceptors (Lipinski definition) is 7. The highest BCUT2D eigenvalue weighted by Crippen LogP contribution is 2.37. The Morgan fingerprint density at radius 2 is 1.89 bits per heavy atom. The van der Waals surface area contributed by atoms with Crippen molar-refractivity contribution in [2.24, 2.45) is 7.05 Å². The predicted octanol–water partition coefficient (Wildman–Crippen LogP) is 5.58. The van der Waals surface area contributed by atoms with E-state index < -0.39 is 16.7 Å². The van der Waals surface area contributed by atoms with Crippen LogP contribution in [0.15, 0.2) is 59.1 Å². The van der Waals surface area contributed by atoms with Gasteiger partial charge in [-0.1, -0.05) is 23.7 Å². The maximum absolute atomic E-state index is 13.1. The highest BCUT2D eigenvalue weighted by Gasteiger charge is 2.27. The molecular formula is C25H22ClN5O5S. The average Bonchev–Trinajstić information content (AvgIpc) is 3.64. The number of piperidine rings is 1. The Bertz CT molecular complexity index is 1470. The van der Waals surface area contributed by atoms with Crippen LogP contribution in [-0.2, 0) is 7.05 Å². The molecular weight excluding hydrogens is 518 g/mol. The monoisotopic (exact) mass is 539 g/mol. The molecule has 0 aliphatic carbocycles. The van der Waals surface area contributed by atoms with Gasteiger partial charge >= 0.3 is 5.88 Å². The van der Waals surface area contributed by atoms with E-state index in [2.05, 4.69) is 10.4 Å². The van der Waals surface area contributed by atoms with Crippen LogP contribution in [0.4, 0.5) is 11.6 Å². The molecule has 1 fully saturated rings. The van der Waals surface area contributed by atoms with E-state index in [-0.39, 0.29) is 11.7 Å². The van der Waals surface area contributed by atoms with Crippen LogP contribution in [-0.4, -0.2) is 44.5 Å². The van der Waals surface area contributed by atoms with Gasteiger partial charge in [0.15, 0.2) is 5.76 Å². The first-order valence-corrected chi connectivity index (χ1v) is 12.7. The highest BCUT2D eigenvalue weighted by molar-refractivity contribution is 7.18. The molecule has 0 saturated carbocycles. The van der Waals surface area contributed by atoms with E-state index >= 15 is 0 Å². The van der Waals surface area contributed by atoms with Crippen molar-refractivity contribution < 1.29 is 18.9 Å². The number of carbonyl (C=O) groups is 2. The molecule has 2 amide bonds. The minimum Gasteiger partial charge on any atom is -0.395 e. The molecule has 190 valence electrons. The fraction of sp³-hybridized carbons (Fsp3) is 0.240. The summed E-state index contributed by atoms with van der Waals surface area (Å²) in [7, 11) is 1.84. The van der Waals surface area contributed by atoms with Crippen molar-refractivity contribution in [3.8, 4) is 11.3 Å². The molecule has 10 nitrogen and oxygen atoms in total. The number of likely N-dealkylation sites (tertiary alicyclic amines) is 1. The standard InChI is InChI=1S/C25H22ClN5O5S/c1-29-19(8-11-27-29)18-14-21(37-23(18)26)25(33)30-12-9-16(10-13-30)15-2-4-17(5-3-15)28-24(32)20-6-7-22(36-20)31(34)35/h2-8,11,14,16H,9-10,12-13H2,1H3,(H,28,32). The number of nitrogens with one attached hydrogen (secondary N) is 1. The first-order valence-electron chi connectivity index (χ1n) is 11.5. The Balaban J connectivity index is 1.17. The minimum atomic E-state index is -0.695. The second-order valence-corrected chi connectivity index (χ2v) is 10.3. The number of aromatic nitrogens is 2. The molecule has 1 aromatic carbocycles. The van der Waals surface area contributed by atoms with E-state index in [1.807, 2.05) is 36.2 Å². The van der Waals surface area contributed by atoms with Crippen LogP contribution in [0.3, 0.4) is 0 Å². The molecule has 0 radical (unpaired) electrons. The van der Waals surface area contributed by atoms with Gasteiger partial charge in [-0.05, 0) is 54.7 Å². The molecule has 0 atom stereocenters. The van der Waals surface area contributed by atoms with E-state index in [1.165, 1.54) is 17.4 Å². The van der Waals surface area contributed by atoms with Crippen LogP contribution in [0.2, 0.25) is 4.34 Å². The highest BCUT2D eigenvalue weighted by atomic mass is 35.5. The van der Waals surface area contributed by atoms with Crippen LogP contribution in [0.25, 0.3) is 11.3 Å². The normalized spacial score (nSPS) is 14.1. The summed E-state index contributed by atoms with van der Waals surface area (Å²) in [6.07, 6.45) is 3.34. The average molecular weight is 540 g/mol. The first kappa shape index (κ1) is 24.7. The molecule has 1 aliphatic rings. The van der Waals surface area contributed by atoms with Crippen molar-refractivity contribution in [2.45, 2.75) is 18.8 Å². The fourth-order valence-corrected chi connectivity index (χ4v) is 5.70. The third-order valence-electron chi connectivity index (χ3n) is 6.41. The van der Waals surface area contributed by atoms with Crippen molar-refractivity contribution in [1.29, 1.82) is 0 Å². The van der Waals surface area contributed by atoms with E-state index in [0.717, 1.165) is 35.7 Å². The molecule has 4 aromatic rings. The Kier molecular flexibility index (Phi) is 6.81. The molecule has 0 spiro atoms. The second kappa shape index (κ2) is 10.2. The van der Waals surface area contributed by atoms with Crippen LogP contribution in [0, 0.1) is 10.1 Å². The van der Waals surface area contributed by atoms with Crippen LogP contribution in [0.1, 0.15) is 44.5 Å². The minimum absolute atomic E-state index is 0.0185. The number of benzene rings is 1. The topological polar surface area (TPSA) is 124 Å². The summed E-state index contributed by atoms with van der Waals surface area (Å²) in [6.45, 7) is 1.27. The molecule has 1 N–H and O–H groups in total. The lowest BCUT2D eigenvalue weighted by atomic mass is 9.89. The third-order valence-corrected chi connectivity index (χ3v) is 7.76. The summed E-state index contributed by atoms with van der Waals surface area (Å²) in [6, 6.07) is 13.6. The quantitative estimate of drug-likeness (QED) is 0.252. The van der Waals surface area contributed by atoms with Crippen LogP contribution >= 0.6 is 22.9 Å². The third kappa shape index (κ3) is 5.13. The number of amides is 2. The van der Waals surface area contributed by atoms with Crippen molar-refractivity contribution >= 4 is 46.3 Å². The summed E-state index contributed by atoms with van der Waals surface area (Å²) in [5.41, 5.74) is 3.35. The van der Waals surface area contributed by atoms with Crippen molar-refractivity contribution in [3.05, 3.63) is 85.4 Å². The number of rotatable bonds is 6. The van der Waals surface area contributed by atoms with Gasteiger partial charge in [0.2, 0.25) is 0 Å². The lowest BCUT2D eigenvalue weighted by Crippen LogP contribution is -2.37. The van der Waals surface area contributed by atoms with E-state index in [0.29, 0.717) is 33.9 Å². The number of aryl methyl sites for hydroxylation is 1. The molecule has 4 heterocycles. The zero-order valence-corrected chi connectivity index (χ0v) is 21.3. The predicted molar refractivity (Wildman–Crippen MR) is 139 cm³/mol. The smallest absolute Gasteiger partial charge is 0.395 e. The lowest BCUT2D eigenvalue weighted by Gasteiger charge is -2.32. The zero-order chi connectivity index (χ0) is 26.1. The number of furan rings is 1. The van der Waals surface area contributed by atoms with Gasteiger partial charge in [-0.3, -0.25) is 24.4 Å². The second-order valence-electron chi connectivity index (χ2n) is 8.68. The number of thiophene rings is 1. The lowest BCUT2D eigenvalue weighted by molar-refractivity contribution is -0.402. The first-order chi connectivity index (χ1) is 17.8. The van der Waals surface area contributed by atoms with Crippen molar-refractivity contribution in [3.63, 3.8) is 0 Å². The number of hydrogen-bond donors (Lipinski definition) is 1. The summed E-state index contributed by atoms with van der Waals surface area (Å²) < 4.78 is 7.24. The van der Waals surface area contributed by atoms with Crippen LogP contribution in [0.5, 0.6) is 0 Å². The van der Waals surface area contributed by atoms with Gasteiger partial charge in [-0.2, -0.15) is 5.10 Å². The summed E-state index contributed by atoms with van der Waals surface area (Å²) in [5.74, 6) is -0.907. The maximum atomic E-state index is 13.1. The fourth-order valence-electron chi connectivity index (χ4n) is 4.44. The largest absolute Gasteiger partial charge is 0.433 e. The van der Waals surface area contributed by atoms with E-state index in [1.54, 1.807) is 23.0 Å². The van der Waals surface area contributed by atoms with Crippen molar-refractivity contribution in [1.82, 2.24) is 14.7 Å². The van der Waals surface area contributed by atoms with Gasteiger partial charge < -0.3 is 14.6 Å². The summed E-state index contributed by atoms with van der Waals surface area (Å²) in [5, 5.41) is 17.6. The van der Waals surface area contributed by atoms with Crippen LogP contribution < -0.4 is 5.32 Å². The number of halogens is 1. The number of nitro groups is 1. The van der Waals surface area contributed by atoms with Gasteiger partial charge in [-0.25, -0.2) is 0 Å². The summed E-state index contributed by atoms with van der Waals surface area (Å²) in [4.78, 5) is 37.9. The molecule has 5 rings (SSSR count). The maximum Gasteiger partial charge on any atom is 0.433 e. The van der Waals surface area contributed by atoms with Gasteiger partial charge in [0, 0.05) is 37.6 Å². The number of anilines is 1. The Morgan fingerprint density at radius 3 is 2.51 bits per heavy atom. The molecule has 12 heteroatoms. The molecule has 37 heavy (non-hydrogen) atoms. The van der Waals surface area contributed by atoms with Gasteiger partial charge in [0.05, 0.1) is 16.6 Å². The number of nitrogens with zero attached hydrogens (tertiary/aromatic N) is 4. The van der Waals surface area contributed by atoms with Gasteiger partial charge in [-0.15, -0.1) is 11.3 Å². The molecule has 0 bridgehead atoms. The van der Waals surface area contributed by atoms with Crippen molar-refractivity contribution in [2.75, 3.05) is 18.4 Å². The zero-order valence-electron chi connectivity index (χ0n) is 19.7. The summed E-state index contributed by atoms with van der Waals surface area (Å²) >= 11 is 7.72. The Morgan fingerprint density at radius 1 is 1.16 bits per heavy atom. The van der Waals surface area contributed by atoms with Gasteiger partial charge in [0.1, 0.15) is 9.26 Å². The Hall–Kier alpha value is -3.96. The van der Waals surface area contributed by atoms with Gasteiger partial charge in [0.25, 0.3) is 11.8 Å².